The number of nitrogens with one attached hydrogen (secondary N) is 2. The molecular weight excluding hydrogens is 158 g/mol. The zero-order chi connectivity index (χ0) is 8.81. The molecule has 0 atom stereocenters. The molecule has 0 saturated carbocycles. The van der Waals surface area contributed by atoms with Crippen molar-refractivity contribution in [2.75, 3.05) is 32.8 Å². The molecule has 0 aliphatic carbocycles. The van der Waals surface area contributed by atoms with Crippen LogP contribution in [0.1, 0.15) is 6.42 Å². The number of carbonyl (C=O) groups is 1. The Kier molecular flexibility index (Phi) is 3.99. The highest BCUT2D eigenvalue weighted by Crippen LogP contribution is 1.77. The van der Waals surface area contributed by atoms with Gasteiger partial charge in [-0.3, -0.25) is 10.2 Å². The Morgan fingerprint density at radius 3 is 2.75 bits per heavy atom. The minimum Gasteiger partial charge on any atom is -0.370 e. The summed E-state index contributed by atoms with van der Waals surface area (Å²) in [5.74, 6) is 4.87. The molecule has 5 nitrogen and oxygen atoms in total. The number of hydrogen-bond acceptors (Lipinski definition) is 3. The molecule has 0 aromatic heterocycles. The maximum absolute atomic E-state index is 10.8. The highest BCUT2D eigenvalue weighted by molar-refractivity contribution is 5.75. The van der Waals surface area contributed by atoms with E-state index in [-0.39, 0.29) is 5.91 Å². The molecule has 0 aromatic carbocycles. The number of carbonyl (C=O) groups excluding carboxylic acids is 1. The zero-order valence-electron chi connectivity index (χ0n) is 7.14. The molecule has 0 radical (unpaired) electrons. The van der Waals surface area contributed by atoms with Gasteiger partial charge in [-0.1, -0.05) is 0 Å². The van der Waals surface area contributed by atoms with Gasteiger partial charge < -0.3 is 9.64 Å². The predicted molar refractivity (Wildman–Crippen MR) is 43.3 cm³/mol. The Morgan fingerprint density at radius 1 is 1.50 bits per heavy atom. The molecule has 1 aliphatic rings. The molecule has 0 bridgehead atoms. The highest BCUT2D eigenvalue weighted by Gasteiger charge is 2.14. The third-order valence-corrected chi connectivity index (χ3v) is 2.07. The summed E-state index contributed by atoms with van der Waals surface area (Å²) in [6, 6.07) is 0. The number of quaternary nitrogens is 1. The van der Waals surface area contributed by atoms with Crippen LogP contribution in [-0.2, 0) is 9.53 Å². The quantitative estimate of drug-likeness (QED) is 0.247. The average molecular weight is 174 g/mol. The summed E-state index contributed by atoms with van der Waals surface area (Å²) < 4.78 is 5.19. The van der Waals surface area contributed by atoms with Crippen molar-refractivity contribution in [1.82, 2.24) is 5.43 Å². The molecule has 1 saturated heterocycles. The van der Waals surface area contributed by atoms with Crippen molar-refractivity contribution in [2.24, 2.45) is 5.84 Å². The van der Waals surface area contributed by atoms with Crippen LogP contribution in [0.3, 0.4) is 0 Å². The normalized spacial score (nSPS) is 19.1. The lowest BCUT2D eigenvalue weighted by Gasteiger charge is -2.23. The van der Waals surface area contributed by atoms with Gasteiger partial charge in [0.25, 0.3) is 0 Å². The molecule has 0 aromatic rings. The molecular formula is C7H16N3O2+. The fraction of sp³-hybridized carbons (Fsp3) is 0.857. The lowest BCUT2D eigenvalue weighted by molar-refractivity contribution is -0.907. The van der Waals surface area contributed by atoms with Crippen molar-refractivity contribution in [3.63, 3.8) is 0 Å². The van der Waals surface area contributed by atoms with Crippen LogP contribution in [0.5, 0.6) is 0 Å². The van der Waals surface area contributed by atoms with E-state index in [2.05, 4.69) is 5.43 Å². The van der Waals surface area contributed by atoms with E-state index >= 15 is 0 Å². The average Bonchev–Trinajstić information content (AvgIpc) is 2.16. The van der Waals surface area contributed by atoms with Crippen LogP contribution in [-0.4, -0.2) is 38.8 Å². The summed E-state index contributed by atoms with van der Waals surface area (Å²) in [5, 5.41) is 0. The van der Waals surface area contributed by atoms with Gasteiger partial charge in [0.05, 0.1) is 26.2 Å². The minimum atomic E-state index is -0.0889. The van der Waals surface area contributed by atoms with Gasteiger partial charge in [-0.25, -0.2) is 5.84 Å². The van der Waals surface area contributed by atoms with Crippen molar-refractivity contribution < 1.29 is 14.4 Å². The number of morpholine rings is 1. The maximum atomic E-state index is 10.8. The molecule has 1 heterocycles. The van der Waals surface area contributed by atoms with Crippen molar-refractivity contribution in [3.8, 4) is 0 Å². The number of amides is 1. The standard InChI is InChI=1S/C7H15N3O2/c8-9-7(11)1-2-10-3-5-12-6-4-10/h1-6,8H2,(H,9,11)/p+1. The number of ether oxygens (including phenoxy) is 1. The first-order valence-electron chi connectivity index (χ1n) is 4.23. The molecule has 4 N–H and O–H groups in total. The predicted octanol–water partition coefficient (Wildman–Crippen LogP) is -2.72. The lowest BCUT2D eigenvalue weighted by atomic mass is 10.3. The highest BCUT2D eigenvalue weighted by atomic mass is 16.5. The summed E-state index contributed by atoms with van der Waals surface area (Å²) >= 11 is 0. The Balaban J connectivity index is 2.09. The maximum Gasteiger partial charge on any atom is 0.239 e. The van der Waals surface area contributed by atoms with Crippen molar-refractivity contribution in [3.05, 3.63) is 0 Å². The van der Waals surface area contributed by atoms with E-state index in [0.29, 0.717) is 6.42 Å². The molecule has 0 spiro atoms. The fourth-order valence-corrected chi connectivity index (χ4v) is 1.27. The van der Waals surface area contributed by atoms with Crippen molar-refractivity contribution >= 4 is 5.91 Å². The van der Waals surface area contributed by atoms with Crippen LogP contribution in [0.2, 0.25) is 0 Å². The summed E-state index contributed by atoms with van der Waals surface area (Å²) in [5.41, 5.74) is 2.12. The van der Waals surface area contributed by atoms with Gasteiger partial charge >= 0.3 is 0 Å². The van der Waals surface area contributed by atoms with Crippen molar-refractivity contribution in [2.45, 2.75) is 6.42 Å². The second kappa shape index (κ2) is 5.08. The molecule has 1 rings (SSSR count). The van der Waals surface area contributed by atoms with Crippen molar-refractivity contribution in [1.29, 1.82) is 0 Å². The summed E-state index contributed by atoms with van der Waals surface area (Å²) in [7, 11) is 0. The molecule has 1 fully saturated rings. The molecule has 5 heteroatoms. The Hall–Kier alpha value is -0.650. The van der Waals surface area contributed by atoms with Crippen LogP contribution in [0.4, 0.5) is 0 Å². The zero-order valence-corrected chi connectivity index (χ0v) is 7.14. The van der Waals surface area contributed by atoms with Crippen LogP contribution in [0.25, 0.3) is 0 Å². The Bertz CT molecular complexity index is 146. The summed E-state index contributed by atoms with van der Waals surface area (Å²) in [6.07, 6.45) is 0.506. The molecule has 0 unspecified atom stereocenters. The van der Waals surface area contributed by atoms with E-state index in [1.165, 1.54) is 4.90 Å². The van der Waals surface area contributed by atoms with E-state index in [1.807, 2.05) is 0 Å². The first-order chi connectivity index (χ1) is 5.83. The van der Waals surface area contributed by atoms with Crippen LogP contribution in [0, 0.1) is 0 Å². The Morgan fingerprint density at radius 2 is 2.17 bits per heavy atom. The second-order valence-corrected chi connectivity index (χ2v) is 2.93. The number of hydrazine groups is 1. The fourth-order valence-electron chi connectivity index (χ4n) is 1.27. The van der Waals surface area contributed by atoms with Gasteiger partial charge in [0.2, 0.25) is 5.91 Å². The van der Waals surface area contributed by atoms with Gasteiger partial charge in [-0.05, 0) is 0 Å². The number of hydrogen-bond donors (Lipinski definition) is 3. The van der Waals surface area contributed by atoms with Crippen LogP contribution < -0.4 is 16.2 Å². The molecule has 1 amide bonds. The van der Waals surface area contributed by atoms with E-state index in [4.69, 9.17) is 10.6 Å². The van der Waals surface area contributed by atoms with Gasteiger partial charge in [0, 0.05) is 0 Å². The van der Waals surface area contributed by atoms with Gasteiger partial charge in [0.15, 0.2) is 0 Å². The molecule has 1 aliphatic heterocycles. The molecule has 70 valence electrons. The van der Waals surface area contributed by atoms with Gasteiger partial charge in [-0.2, -0.15) is 0 Å². The van der Waals surface area contributed by atoms with Gasteiger partial charge in [0.1, 0.15) is 13.1 Å². The monoisotopic (exact) mass is 174 g/mol. The Labute approximate surface area is 71.8 Å². The topological polar surface area (TPSA) is 68.8 Å². The van der Waals surface area contributed by atoms with E-state index in [1.54, 1.807) is 0 Å². The lowest BCUT2D eigenvalue weighted by Crippen LogP contribution is -3.14. The second-order valence-electron chi connectivity index (χ2n) is 2.93. The van der Waals surface area contributed by atoms with E-state index in [0.717, 1.165) is 32.8 Å². The van der Waals surface area contributed by atoms with E-state index < -0.39 is 0 Å². The summed E-state index contributed by atoms with van der Waals surface area (Å²) in [6.45, 7) is 4.46. The van der Waals surface area contributed by atoms with Crippen LogP contribution >= 0.6 is 0 Å². The number of nitrogens with two attached hydrogens (primary N) is 1. The summed E-state index contributed by atoms with van der Waals surface area (Å²) in [4.78, 5) is 12.2. The third-order valence-electron chi connectivity index (χ3n) is 2.07. The SMILES string of the molecule is NNC(=O)CC[NH+]1CCOCC1. The van der Waals surface area contributed by atoms with Crippen LogP contribution in [0.15, 0.2) is 0 Å². The third kappa shape index (κ3) is 3.17. The number of rotatable bonds is 3. The minimum absolute atomic E-state index is 0.0889. The first-order valence-corrected chi connectivity index (χ1v) is 4.23. The first kappa shape index (κ1) is 9.44. The largest absolute Gasteiger partial charge is 0.370 e. The smallest absolute Gasteiger partial charge is 0.239 e. The van der Waals surface area contributed by atoms with Gasteiger partial charge in [-0.15, -0.1) is 0 Å². The van der Waals surface area contributed by atoms with E-state index in [9.17, 15) is 4.79 Å². The molecule has 12 heavy (non-hydrogen) atoms.